The van der Waals surface area contributed by atoms with E-state index >= 15 is 0 Å². The molecule has 5 atom stereocenters. The Labute approximate surface area is 268 Å². The lowest BCUT2D eigenvalue weighted by atomic mass is 9.65. The summed E-state index contributed by atoms with van der Waals surface area (Å²) in [5, 5.41) is 21.3. The van der Waals surface area contributed by atoms with E-state index in [2.05, 4.69) is 43.1 Å². The second kappa shape index (κ2) is 14.8. The lowest BCUT2D eigenvalue weighted by Gasteiger charge is -2.41. The highest BCUT2D eigenvalue weighted by Crippen LogP contribution is 2.53. The number of hydrogen-bond acceptors (Lipinski definition) is 6. The first-order chi connectivity index (χ1) is 21.5. The molecule has 2 aliphatic heterocycles. The van der Waals surface area contributed by atoms with Crippen LogP contribution in [0.2, 0.25) is 0 Å². The van der Waals surface area contributed by atoms with E-state index in [4.69, 9.17) is 14.6 Å². The molecule has 8 heteroatoms. The molecule has 1 aliphatic carbocycles. The van der Waals surface area contributed by atoms with Gasteiger partial charge in [0.05, 0.1) is 18.8 Å². The van der Waals surface area contributed by atoms with Crippen molar-refractivity contribution < 1.29 is 29.3 Å². The van der Waals surface area contributed by atoms with Crippen LogP contribution in [0.5, 0.6) is 0 Å². The molecule has 0 spiro atoms. The van der Waals surface area contributed by atoms with E-state index < -0.39 is 12.3 Å². The molecule has 3 aliphatic rings. The number of ether oxygens (including phenoxy) is 2. The van der Waals surface area contributed by atoms with Gasteiger partial charge in [0.2, 0.25) is 5.91 Å². The molecule has 2 unspecified atom stereocenters. The minimum absolute atomic E-state index is 0.0119. The standard InChI is InChI=1S/C37H52N2O6/c1-36(2)19-30-20-37(3,24-36)25-39(30)22-31-18-32(28-14-12-27(23-40)13-15-28)45-35(44-31)29-16-10-26(11-17-29)21-38-33(41)8-6-4-5-7-9-34(42)43/h10-17,30-32,35,40H,4-9,18-25H2,1-3H3,(H,38,41)(H,42,43)/t30?,31-,32+,35+,37?/m0/s1. The molecule has 2 aromatic rings. The van der Waals surface area contributed by atoms with Gasteiger partial charge >= 0.3 is 5.97 Å². The summed E-state index contributed by atoms with van der Waals surface area (Å²) in [5.41, 5.74) is 4.69. The zero-order valence-corrected chi connectivity index (χ0v) is 27.3. The van der Waals surface area contributed by atoms with Crippen molar-refractivity contribution in [3.63, 3.8) is 0 Å². The molecule has 3 fully saturated rings. The van der Waals surface area contributed by atoms with Crippen LogP contribution in [0.4, 0.5) is 0 Å². The largest absolute Gasteiger partial charge is 0.481 e. The van der Waals surface area contributed by atoms with E-state index in [0.717, 1.165) is 61.0 Å². The quantitative estimate of drug-likeness (QED) is 0.203. The van der Waals surface area contributed by atoms with Gasteiger partial charge in [-0.05, 0) is 59.6 Å². The van der Waals surface area contributed by atoms with E-state index in [1.165, 1.54) is 19.3 Å². The van der Waals surface area contributed by atoms with Crippen LogP contribution in [0, 0.1) is 10.8 Å². The number of carboxylic acids is 1. The van der Waals surface area contributed by atoms with E-state index in [0.29, 0.717) is 36.3 Å². The maximum absolute atomic E-state index is 12.3. The molecule has 8 nitrogen and oxygen atoms in total. The van der Waals surface area contributed by atoms with Gasteiger partial charge in [0, 0.05) is 50.5 Å². The number of nitrogens with zero attached hydrogens (tertiary/aromatic N) is 1. The van der Waals surface area contributed by atoms with Crippen LogP contribution in [-0.4, -0.2) is 52.2 Å². The zero-order valence-electron chi connectivity index (χ0n) is 27.3. The van der Waals surface area contributed by atoms with Crippen molar-refractivity contribution in [2.45, 2.75) is 123 Å². The Morgan fingerprint density at radius 1 is 0.889 bits per heavy atom. The van der Waals surface area contributed by atoms with Gasteiger partial charge in [-0.2, -0.15) is 0 Å². The number of amides is 1. The maximum atomic E-state index is 12.3. The Bertz CT molecular complexity index is 1280. The number of benzene rings is 2. The number of unbranched alkanes of at least 4 members (excludes halogenated alkanes) is 3. The number of aliphatic carboxylic acids is 1. The summed E-state index contributed by atoms with van der Waals surface area (Å²) in [6.45, 7) is 9.77. The third kappa shape index (κ3) is 9.38. The molecular weight excluding hydrogens is 568 g/mol. The van der Waals surface area contributed by atoms with E-state index in [-0.39, 0.29) is 31.1 Å². The Kier molecular flexibility index (Phi) is 11.0. The third-order valence-electron chi connectivity index (χ3n) is 9.86. The second-order valence-corrected chi connectivity index (χ2v) is 14.8. The van der Waals surface area contributed by atoms with Crippen LogP contribution in [0.25, 0.3) is 0 Å². The molecule has 2 saturated heterocycles. The number of fused-ring (bicyclic) bond motifs is 2. The monoisotopic (exact) mass is 620 g/mol. The van der Waals surface area contributed by atoms with Gasteiger partial charge in [-0.3, -0.25) is 14.5 Å². The summed E-state index contributed by atoms with van der Waals surface area (Å²) in [6.07, 6.45) is 7.72. The number of carbonyl (C=O) groups excluding carboxylic acids is 1. The lowest BCUT2D eigenvalue weighted by Crippen LogP contribution is -2.42. The van der Waals surface area contributed by atoms with Crippen molar-refractivity contribution in [3.8, 4) is 0 Å². The minimum Gasteiger partial charge on any atom is -0.481 e. The highest BCUT2D eigenvalue weighted by Gasteiger charge is 2.50. The minimum atomic E-state index is -0.767. The molecule has 0 radical (unpaired) electrons. The van der Waals surface area contributed by atoms with Crippen LogP contribution >= 0.6 is 0 Å². The average Bonchev–Trinajstić information content (AvgIpc) is 3.24. The summed E-state index contributed by atoms with van der Waals surface area (Å²) in [7, 11) is 0. The summed E-state index contributed by atoms with van der Waals surface area (Å²) >= 11 is 0. The molecular formula is C37H52N2O6. The molecule has 2 aromatic carbocycles. The number of aliphatic hydroxyl groups is 1. The molecule has 0 aromatic heterocycles. The van der Waals surface area contributed by atoms with E-state index in [1.807, 2.05) is 36.4 Å². The normalized spacial score (nSPS) is 27.7. The molecule has 2 bridgehead atoms. The molecule has 246 valence electrons. The fourth-order valence-corrected chi connectivity index (χ4v) is 8.08. The fourth-order valence-electron chi connectivity index (χ4n) is 8.08. The Balaban J connectivity index is 1.19. The van der Waals surface area contributed by atoms with Crippen molar-refractivity contribution in [2.75, 3.05) is 13.1 Å². The number of carbonyl (C=O) groups is 2. The fraction of sp³-hybridized carbons (Fsp3) is 0.622. The predicted octanol–water partition coefficient (Wildman–Crippen LogP) is 6.67. The van der Waals surface area contributed by atoms with E-state index in [9.17, 15) is 14.7 Å². The molecule has 3 N–H and O–H groups in total. The summed E-state index contributed by atoms with van der Waals surface area (Å²) in [5.74, 6) is -0.755. The smallest absolute Gasteiger partial charge is 0.303 e. The van der Waals surface area contributed by atoms with Gasteiger partial charge in [-0.1, -0.05) is 82.1 Å². The van der Waals surface area contributed by atoms with Gasteiger partial charge in [0.15, 0.2) is 6.29 Å². The molecule has 45 heavy (non-hydrogen) atoms. The summed E-state index contributed by atoms with van der Waals surface area (Å²) < 4.78 is 13.3. The number of nitrogens with one attached hydrogen (secondary N) is 1. The molecule has 1 amide bonds. The summed E-state index contributed by atoms with van der Waals surface area (Å²) in [4.78, 5) is 25.6. The Hall–Kier alpha value is -2.78. The molecule has 5 rings (SSSR count). The highest BCUT2D eigenvalue weighted by atomic mass is 16.7. The summed E-state index contributed by atoms with van der Waals surface area (Å²) in [6, 6.07) is 16.8. The topological polar surface area (TPSA) is 108 Å². The zero-order chi connectivity index (χ0) is 32.0. The second-order valence-electron chi connectivity index (χ2n) is 14.8. The predicted molar refractivity (Wildman–Crippen MR) is 173 cm³/mol. The van der Waals surface area contributed by atoms with Gasteiger partial charge in [0.25, 0.3) is 0 Å². The Morgan fingerprint density at radius 3 is 2.24 bits per heavy atom. The van der Waals surface area contributed by atoms with Gasteiger partial charge < -0.3 is 25.0 Å². The van der Waals surface area contributed by atoms with Gasteiger partial charge in [-0.25, -0.2) is 0 Å². The third-order valence-corrected chi connectivity index (χ3v) is 9.86. The number of hydrogen-bond donors (Lipinski definition) is 3. The van der Waals surface area contributed by atoms with Crippen molar-refractivity contribution >= 4 is 11.9 Å². The van der Waals surface area contributed by atoms with E-state index in [1.54, 1.807) is 0 Å². The average molecular weight is 621 g/mol. The van der Waals surface area contributed by atoms with Crippen LogP contribution in [0.15, 0.2) is 48.5 Å². The van der Waals surface area contributed by atoms with Gasteiger partial charge in [-0.15, -0.1) is 0 Å². The number of likely N-dealkylation sites (tertiary alicyclic amines) is 1. The molecule has 2 heterocycles. The first-order valence-corrected chi connectivity index (χ1v) is 16.8. The van der Waals surface area contributed by atoms with Crippen molar-refractivity contribution in [1.82, 2.24) is 10.2 Å². The number of aliphatic hydroxyl groups excluding tert-OH is 1. The van der Waals surface area contributed by atoms with Crippen LogP contribution < -0.4 is 5.32 Å². The van der Waals surface area contributed by atoms with Gasteiger partial charge in [0.1, 0.15) is 0 Å². The van der Waals surface area contributed by atoms with Crippen molar-refractivity contribution in [2.24, 2.45) is 10.8 Å². The first kappa shape index (κ1) is 33.6. The van der Waals surface area contributed by atoms with Crippen LogP contribution in [0.1, 0.15) is 120 Å². The van der Waals surface area contributed by atoms with Crippen LogP contribution in [-0.2, 0) is 32.2 Å². The number of carboxylic acid groups (broad SMARTS) is 1. The highest BCUT2D eigenvalue weighted by molar-refractivity contribution is 5.75. The lowest BCUT2D eigenvalue weighted by molar-refractivity contribution is -0.253. The first-order valence-electron chi connectivity index (χ1n) is 16.8. The van der Waals surface area contributed by atoms with Crippen molar-refractivity contribution in [3.05, 3.63) is 70.8 Å². The molecule has 1 saturated carbocycles. The van der Waals surface area contributed by atoms with Crippen molar-refractivity contribution in [1.29, 1.82) is 0 Å². The SMILES string of the molecule is CC1(C)CC2CC(C)(CN2C[C@@H]2C[C@H](c3ccc(CO)cc3)O[C@H](c3ccc(CNC(=O)CCCCCCC(=O)O)cc3)O2)C1. The number of rotatable bonds is 14. The van der Waals surface area contributed by atoms with Crippen LogP contribution in [0.3, 0.4) is 0 Å². The maximum Gasteiger partial charge on any atom is 0.303 e. The Morgan fingerprint density at radius 2 is 1.56 bits per heavy atom.